The SMILES string of the molecule is CC(C)[C@@H]1OC(=O)[C@@]2(C[C@@H]2C)N=C1c1ccccc1. The highest BCUT2D eigenvalue weighted by Gasteiger charge is 2.62. The second-order valence-electron chi connectivity index (χ2n) is 5.96. The predicted molar refractivity (Wildman–Crippen MR) is 74.2 cm³/mol. The van der Waals surface area contributed by atoms with E-state index in [1.165, 1.54) is 0 Å². The minimum atomic E-state index is -0.587. The molecule has 0 aromatic heterocycles. The molecule has 1 spiro atoms. The molecule has 1 fully saturated rings. The van der Waals surface area contributed by atoms with Crippen LogP contribution in [-0.4, -0.2) is 23.3 Å². The molecule has 3 rings (SSSR count). The Hall–Kier alpha value is -1.64. The standard InChI is InChI=1S/C16H19NO2/c1-10(2)14-13(12-7-5-4-6-8-12)17-16(9-11(16)3)15(18)19-14/h4-8,10-11,14H,9H2,1-3H3/t11-,14-,16-/m0/s1. The van der Waals surface area contributed by atoms with E-state index < -0.39 is 5.54 Å². The van der Waals surface area contributed by atoms with Gasteiger partial charge in [-0.1, -0.05) is 51.1 Å². The normalized spacial score (nSPS) is 33.3. The van der Waals surface area contributed by atoms with E-state index in [0.717, 1.165) is 17.7 Å². The summed E-state index contributed by atoms with van der Waals surface area (Å²) in [6.07, 6.45) is 0.584. The second-order valence-corrected chi connectivity index (χ2v) is 5.96. The van der Waals surface area contributed by atoms with E-state index in [1.54, 1.807) is 0 Å². The quantitative estimate of drug-likeness (QED) is 0.764. The fraction of sp³-hybridized carbons (Fsp3) is 0.500. The zero-order valence-corrected chi connectivity index (χ0v) is 11.6. The van der Waals surface area contributed by atoms with E-state index in [0.29, 0.717) is 5.92 Å². The Morgan fingerprint density at radius 1 is 1.32 bits per heavy atom. The van der Waals surface area contributed by atoms with Crippen LogP contribution in [0.4, 0.5) is 0 Å². The van der Waals surface area contributed by atoms with Gasteiger partial charge < -0.3 is 4.74 Å². The number of hydrogen-bond acceptors (Lipinski definition) is 3. The van der Waals surface area contributed by atoms with Crippen molar-refractivity contribution < 1.29 is 9.53 Å². The molecule has 19 heavy (non-hydrogen) atoms. The van der Waals surface area contributed by atoms with E-state index >= 15 is 0 Å². The van der Waals surface area contributed by atoms with Crippen LogP contribution in [0.5, 0.6) is 0 Å². The molecule has 3 heteroatoms. The summed E-state index contributed by atoms with van der Waals surface area (Å²) in [6, 6.07) is 10.0. The molecule has 1 aromatic rings. The number of benzene rings is 1. The Bertz CT molecular complexity index is 535. The highest BCUT2D eigenvalue weighted by Crippen LogP contribution is 2.50. The summed E-state index contributed by atoms with van der Waals surface area (Å²) in [5.74, 6) is 0.388. The number of nitrogens with zero attached hydrogens (tertiary/aromatic N) is 1. The van der Waals surface area contributed by atoms with Crippen molar-refractivity contribution in [1.82, 2.24) is 0 Å². The maximum Gasteiger partial charge on any atom is 0.334 e. The van der Waals surface area contributed by atoms with Gasteiger partial charge in [-0.05, 0) is 23.8 Å². The average molecular weight is 257 g/mol. The fourth-order valence-electron chi connectivity index (χ4n) is 2.74. The minimum Gasteiger partial charge on any atom is -0.454 e. The number of carbonyl (C=O) groups is 1. The third-order valence-corrected chi connectivity index (χ3v) is 4.12. The molecule has 1 aromatic carbocycles. The van der Waals surface area contributed by atoms with Crippen LogP contribution < -0.4 is 0 Å². The van der Waals surface area contributed by atoms with Gasteiger partial charge in [0.15, 0.2) is 5.54 Å². The minimum absolute atomic E-state index is 0.140. The topological polar surface area (TPSA) is 38.7 Å². The number of carbonyl (C=O) groups excluding carboxylic acids is 1. The van der Waals surface area contributed by atoms with Gasteiger partial charge in [0.05, 0.1) is 5.71 Å². The van der Waals surface area contributed by atoms with Gasteiger partial charge in [-0.15, -0.1) is 0 Å². The van der Waals surface area contributed by atoms with Crippen molar-refractivity contribution in [3.63, 3.8) is 0 Å². The Kier molecular flexibility index (Phi) is 2.73. The molecule has 0 bridgehead atoms. The van der Waals surface area contributed by atoms with E-state index in [2.05, 4.69) is 20.8 Å². The molecule has 1 saturated carbocycles. The van der Waals surface area contributed by atoms with Crippen molar-refractivity contribution in [3.05, 3.63) is 35.9 Å². The van der Waals surface area contributed by atoms with Crippen molar-refractivity contribution in [2.45, 2.75) is 38.8 Å². The molecule has 1 heterocycles. The van der Waals surface area contributed by atoms with Crippen molar-refractivity contribution in [2.75, 3.05) is 0 Å². The molecule has 0 amide bonds. The number of cyclic esters (lactones) is 1. The van der Waals surface area contributed by atoms with Crippen LogP contribution in [0.15, 0.2) is 35.3 Å². The monoisotopic (exact) mass is 257 g/mol. The van der Waals surface area contributed by atoms with Gasteiger partial charge >= 0.3 is 5.97 Å². The van der Waals surface area contributed by atoms with Crippen molar-refractivity contribution in [1.29, 1.82) is 0 Å². The molecule has 0 unspecified atom stereocenters. The number of aliphatic imine (C=N–C) groups is 1. The van der Waals surface area contributed by atoms with Crippen molar-refractivity contribution >= 4 is 11.7 Å². The Labute approximate surface area is 113 Å². The predicted octanol–water partition coefficient (Wildman–Crippen LogP) is 2.84. The maximum atomic E-state index is 12.2. The third-order valence-electron chi connectivity index (χ3n) is 4.12. The average Bonchev–Trinajstić information content (AvgIpc) is 3.04. The molecule has 0 radical (unpaired) electrons. The lowest BCUT2D eigenvalue weighted by atomic mass is 9.94. The number of esters is 1. The maximum absolute atomic E-state index is 12.2. The van der Waals surface area contributed by atoms with Gasteiger partial charge in [-0.2, -0.15) is 0 Å². The van der Waals surface area contributed by atoms with E-state index in [1.807, 2.05) is 30.3 Å². The van der Waals surface area contributed by atoms with Gasteiger partial charge in [0, 0.05) is 0 Å². The van der Waals surface area contributed by atoms with Crippen molar-refractivity contribution in [3.8, 4) is 0 Å². The first kappa shape index (κ1) is 12.4. The van der Waals surface area contributed by atoms with Crippen LogP contribution in [0.3, 0.4) is 0 Å². The number of hydrogen-bond donors (Lipinski definition) is 0. The van der Waals surface area contributed by atoms with Gasteiger partial charge in [-0.25, -0.2) is 4.79 Å². The molecule has 1 aliphatic carbocycles. The zero-order chi connectivity index (χ0) is 13.6. The molecule has 0 N–H and O–H groups in total. The van der Waals surface area contributed by atoms with Crippen molar-refractivity contribution in [2.24, 2.45) is 16.8 Å². The van der Waals surface area contributed by atoms with E-state index in [4.69, 9.17) is 9.73 Å². The second kappa shape index (κ2) is 4.19. The van der Waals surface area contributed by atoms with Crippen LogP contribution >= 0.6 is 0 Å². The summed E-state index contributed by atoms with van der Waals surface area (Å²) in [6.45, 7) is 6.18. The number of rotatable bonds is 2. The molecule has 100 valence electrons. The van der Waals surface area contributed by atoms with Crippen LogP contribution in [0.25, 0.3) is 0 Å². The first-order chi connectivity index (χ1) is 9.04. The first-order valence-electron chi connectivity index (χ1n) is 6.91. The molecule has 3 nitrogen and oxygen atoms in total. The first-order valence-corrected chi connectivity index (χ1v) is 6.91. The van der Waals surface area contributed by atoms with Crippen LogP contribution in [0, 0.1) is 11.8 Å². The van der Waals surface area contributed by atoms with E-state index in [-0.39, 0.29) is 18.0 Å². The fourth-order valence-corrected chi connectivity index (χ4v) is 2.74. The van der Waals surface area contributed by atoms with Gasteiger partial charge in [0.25, 0.3) is 0 Å². The Balaban J connectivity index is 2.06. The largest absolute Gasteiger partial charge is 0.454 e. The lowest BCUT2D eigenvalue weighted by Gasteiger charge is -2.30. The molecular weight excluding hydrogens is 238 g/mol. The summed E-state index contributed by atoms with van der Waals surface area (Å²) >= 11 is 0. The highest BCUT2D eigenvalue weighted by atomic mass is 16.5. The van der Waals surface area contributed by atoms with Gasteiger partial charge in [0.1, 0.15) is 6.10 Å². The summed E-state index contributed by atoms with van der Waals surface area (Å²) in [7, 11) is 0. The summed E-state index contributed by atoms with van der Waals surface area (Å²) in [4.78, 5) is 17.0. The van der Waals surface area contributed by atoms with Crippen LogP contribution in [0.1, 0.15) is 32.8 Å². The summed E-state index contributed by atoms with van der Waals surface area (Å²) in [5, 5.41) is 0. The Morgan fingerprint density at radius 2 is 1.95 bits per heavy atom. The van der Waals surface area contributed by atoms with E-state index in [9.17, 15) is 4.79 Å². The van der Waals surface area contributed by atoms with Gasteiger partial charge in [0.2, 0.25) is 0 Å². The highest BCUT2D eigenvalue weighted by molar-refractivity contribution is 6.09. The molecule has 3 atom stereocenters. The smallest absolute Gasteiger partial charge is 0.334 e. The lowest BCUT2D eigenvalue weighted by molar-refractivity contribution is -0.152. The molecular formula is C16H19NO2. The molecule has 1 aliphatic heterocycles. The summed E-state index contributed by atoms with van der Waals surface area (Å²) < 4.78 is 5.69. The Morgan fingerprint density at radius 3 is 2.47 bits per heavy atom. The lowest BCUT2D eigenvalue weighted by Crippen LogP contribution is -2.43. The van der Waals surface area contributed by atoms with Crippen LogP contribution in [-0.2, 0) is 9.53 Å². The number of ether oxygens (including phenoxy) is 1. The third kappa shape index (κ3) is 1.88. The zero-order valence-electron chi connectivity index (χ0n) is 11.6. The molecule has 0 saturated heterocycles. The van der Waals surface area contributed by atoms with Crippen LogP contribution in [0.2, 0.25) is 0 Å². The summed E-state index contributed by atoms with van der Waals surface area (Å²) in [5.41, 5.74) is 1.41. The van der Waals surface area contributed by atoms with Gasteiger partial charge in [-0.3, -0.25) is 4.99 Å². The molecule has 2 aliphatic rings.